The third-order valence-electron chi connectivity index (χ3n) is 0.217. The molecule has 1 radical (unpaired) electrons. The first-order chi connectivity index (χ1) is 2.41. The summed E-state index contributed by atoms with van der Waals surface area (Å²) in [7, 11) is 0. The Morgan fingerprint density at radius 1 is 2.00 bits per heavy atom. The van der Waals surface area contributed by atoms with E-state index in [1.807, 2.05) is 6.92 Å². The number of thioether (sulfide) groups is 1. The van der Waals surface area contributed by atoms with Gasteiger partial charge in [-0.1, -0.05) is 18.7 Å². The Kier molecular flexibility index (Phi) is 3.84. The first-order valence-corrected chi connectivity index (χ1v) is 2.44. The maximum absolute atomic E-state index is 6.32. The lowest BCUT2D eigenvalue weighted by Crippen LogP contribution is -1.52. The summed E-state index contributed by atoms with van der Waals surface area (Å²) in [4.78, 5) is 0. The van der Waals surface area contributed by atoms with Gasteiger partial charge in [-0.15, -0.1) is 0 Å². The third kappa shape index (κ3) is 3.91. The normalized spacial score (nSPS) is 6.40. The van der Waals surface area contributed by atoms with Crippen molar-refractivity contribution in [3.8, 4) is 5.25 Å². The molecule has 0 amide bonds. The quantitative estimate of drug-likeness (QED) is 0.432. The molecule has 0 aliphatic carbocycles. The monoisotopic (exact) mass is 85.0 g/mol. The molecule has 5 heavy (non-hydrogen) atoms. The van der Waals surface area contributed by atoms with Gasteiger partial charge in [-0.2, -0.15) is 0 Å². The van der Waals surface area contributed by atoms with E-state index in [0.29, 0.717) is 0 Å². The van der Waals surface area contributed by atoms with E-state index in [9.17, 15) is 0 Å². The molecule has 0 saturated carbocycles. The van der Waals surface area contributed by atoms with Gasteiger partial charge >= 0.3 is 0 Å². The summed E-state index contributed by atoms with van der Waals surface area (Å²) in [5, 5.41) is 2.18. The van der Waals surface area contributed by atoms with Gasteiger partial charge < -0.3 is 0 Å². The van der Waals surface area contributed by atoms with E-state index in [1.54, 1.807) is 0 Å². The zero-order valence-electron chi connectivity index (χ0n) is 3.12. The standard InChI is InChI=1S/C4H5S/c1-3-5-4-2/h3H2,1H3. The van der Waals surface area contributed by atoms with Crippen LogP contribution in [-0.4, -0.2) is 5.75 Å². The molecule has 0 bridgehead atoms. The smallest absolute Gasteiger partial charge is 0.00285 e. The molecule has 27 valence electrons. The Morgan fingerprint density at radius 3 is 2.60 bits per heavy atom. The molecule has 0 nitrogen and oxygen atoms in total. The van der Waals surface area contributed by atoms with Crippen molar-refractivity contribution in [2.24, 2.45) is 0 Å². The first kappa shape index (κ1) is 4.91. The lowest BCUT2D eigenvalue weighted by molar-refractivity contribution is 1.54. The molecule has 0 aliphatic heterocycles. The molecule has 0 fully saturated rings. The summed E-state index contributed by atoms with van der Waals surface area (Å²) in [5.74, 6) is 0.962. The van der Waals surface area contributed by atoms with Gasteiger partial charge in [0.1, 0.15) is 0 Å². The van der Waals surface area contributed by atoms with Crippen LogP contribution in [0.25, 0.3) is 0 Å². The van der Waals surface area contributed by atoms with Crippen molar-refractivity contribution in [3.05, 3.63) is 6.42 Å². The summed E-state index contributed by atoms with van der Waals surface area (Å²) in [6, 6.07) is 0. The van der Waals surface area contributed by atoms with E-state index in [2.05, 4.69) is 5.25 Å². The van der Waals surface area contributed by atoms with Gasteiger partial charge in [-0.25, -0.2) is 0 Å². The molecule has 0 aromatic rings. The molecule has 0 saturated heterocycles. The Hall–Kier alpha value is -0.0900. The van der Waals surface area contributed by atoms with E-state index >= 15 is 0 Å². The molecule has 0 N–H and O–H groups in total. The van der Waals surface area contributed by atoms with Gasteiger partial charge in [-0.05, 0) is 11.7 Å². The minimum Gasteiger partial charge on any atom is -0.0743 e. The van der Waals surface area contributed by atoms with Crippen LogP contribution in [0.5, 0.6) is 0 Å². The maximum atomic E-state index is 6.32. The van der Waals surface area contributed by atoms with Gasteiger partial charge in [0.2, 0.25) is 0 Å². The van der Waals surface area contributed by atoms with Crippen LogP contribution in [0.15, 0.2) is 0 Å². The minimum atomic E-state index is 0.962. The van der Waals surface area contributed by atoms with E-state index < -0.39 is 0 Å². The zero-order valence-corrected chi connectivity index (χ0v) is 3.93. The van der Waals surface area contributed by atoms with Gasteiger partial charge in [0.25, 0.3) is 0 Å². The van der Waals surface area contributed by atoms with E-state index in [1.165, 1.54) is 11.8 Å². The van der Waals surface area contributed by atoms with E-state index in [-0.39, 0.29) is 0 Å². The van der Waals surface area contributed by atoms with Crippen molar-refractivity contribution >= 4 is 11.8 Å². The van der Waals surface area contributed by atoms with Crippen LogP contribution in [0.3, 0.4) is 0 Å². The molecule has 0 spiro atoms. The average molecular weight is 85.2 g/mol. The highest BCUT2D eigenvalue weighted by atomic mass is 32.2. The summed E-state index contributed by atoms with van der Waals surface area (Å²) >= 11 is 1.38. The van der Waals surface area contributed by atoms with Gasteiger partial charge in [0, 0.05) is 5.75 Å². The Morgan fingerprint density at radius 2 is 2.60 bits per heavy atom. The predicted molar refractivity (Wildman–Crippen MR) is 25.3 cm³/mol. The third-order valence-corrected chi connectivity index (χ3v) is 0.650. The maximum Gasteiger partial charge on any atom is 0.00285 e. The fourth-order valence-corrected chi connectivity index (χ4v) is 0.217. The molecular formula is C4H5S. The van der Waals surface area contributed by atoms with Crippen LogP contribution < -0.4 is 0 Å². The number of rotatable bonds is 1. The number of hydrogen-bond donors (Lipinski definition) is 0. The molecule has 0 unspecified atom stereocenters. The van der Waals surface area contributed by atoms with Crippen molar-refractivity contribution in [1.82, 2.24) is 0 Å². The SMILES string of the molecule is [C]#CSCC. The van der Waals surface area contributed by atoms with Crippen LogP contribution in [0, 0.1) is 11.7 Å². The minimum absolute atomic E-state index is 0.962. The fourth-order valence-electron chi connectivity index (χ4n) is 0.0722. The summed E-state index contributed by atoms with van der Waals surface area (Å²) in [5.41, 5.74) is 0. The second-order valence-electron chi connectivity index (χ2n) is 0.535. The molecular weight excluding hydrogens is 80.1 g/mol. The summed E-state index contributed by atoms with van der Waals surface area (Å²) in [6.07, 6.45) is 6.32. The van der Waals surface area contributed by atoms with Gasteiger partial charge in [0.15, 0.2) is 0 Å². The second kappa shape index (κ2) is 3.91. The molecule has 0 atom stereocenters. The summed E-state index contributed by atoms with van der Waals surface area (Å²) < 4.78 is 0. The first-order valence-electron chi connectivity index (χ1n) is 1.45. The molecule has 1 heteroatoms. The molecule has 0 heterocycles. The van der Waals surface area contributed by atoms with Crippen molar-refractivity contribution in [1.29, 1.82) is 0 Å². The molecule has 0 aromatic heterocycles. The highest BCUT2D eigenvalue weighted by Crippen LogP contribution is 1.89. The Labute approximate surface area is 37.0 Å². The van der Waals surface area contributed by atoms with Crippen LogP contribution >= 0.6 is 11.8 Å². The predicted octanol–water partition coefficient (Wildman–Crippen LogP) is 1.29. The Bertz CT molecular complexity index is 42.1. The highest BCUT2D eigenvalue weighted by molar-refractivity contribution is 8.03. The van der Waals surface area contributed by atoms with Crippen LogP contribution in [0.4, 0.5) is 0 Å². The van der Waals surface area contributed by atoms with Crippen LogP contribution in [0.1, 0.15) is 6.92 Å². The zero-order chi connectivity index (χ0) is 4.12. The van der Waals surface area contributed by atoms with Crippen molar-refractivity contribution < 1.29 is 0 Å². The second-order valence-corrected chi connectivity index (χ2v) is 1.61. The van der Waals surface area contributed by atoms with Crippen LogP contribution in [-0.2, 0) is 0 Å². The summed E-state index contributed by atoms with van der Waals surface area (Å²) in [6.45, 7) is 1.99. The van der Waals surface area contributed by atoms with Crippen LogP contribution in [0.2, 0.25) is 0 Å². The topological polar surface area (TPSA) is 0 Å². The highest BCUT2D eigenvalue weighted by Gasteiger charge is 1.62. The van der Waals surface area contributed by atoms with E-state index in [0.717, 1.165) is 5.75 Å². The van der Waals surface area contributed by atoms with Crippen molar-refractivity contribution in [2.75, 3.05) is 5.75 Å². The molecule has 0 rings (SSSR count). The average Bonchev–Trinajstić information content (AvgIpc) is 1.41. The van der Waals surface area contributed by atoms with Gasteiger partial charge in [0.05, 0.1) is 0 Å². The number of hydrogen-bond acceptors (Lipinski definition) is 1. The largest absolute Gasteiger partial charge is 0.0743 e. The van der Waals surface area contributed by atoms with E-state index in [4.69, 9.17) is 6.42 Å². The lowest BCUT2D eigenvalue weighted by atomic mass is 11.0. The van der Waals surface area contributed by atoms with Crippen molar-refractivity contribution in [3.63, 3.8) is 0 Å². The lowest BCUT2D eigenvalue weighted by Gasteiger charge is -1.69. The van der Waals surface area contributed by atoms with Crippen molar-refractivity contribution in [2.45, 2.75) is 6.92 Å². The Balaban J connectivity index is 2.48. The fraction of sp³-hybridized carbons (Fsp3) is 0.500. The van der Waals surface area contributed by atoms with Gasteiger partial charge in [-0.3, -0.25) is 0 Å². The molecule has 0 aromatic carbocycles. The molecule has 0 aliphatic rings.